The molecule has 0 aliphatic carbocycles. The van der Waals surface area contributed by atoms with Gasteiger partial charge in [-0.3, -0.25) is 0 Å². The fraction of sp³-hybridized carbons (Fsp3) is 0.667. The summed E-state index contributed by atoms with van der Waals surface area (Å²) >= 11 is 30.3. The molecular weight excluding hydrogens is 281 g/mol. The minimum Gasteiger partial charge on any atom is -0.411 e. The highest BCUT2D eigenvalue weighted by Gasteiger charge is 2.38. The van der Waals surface area contributed by atoms with Crippen molar-refractivity contribution in [1.82, 2.24) is 0 Å². The Hall–Kier alpha value is 1.21. The van der Waals surface area contributed by atoms with Crippen LogP contribution in [0.15, 0.2) is 0 Å². The minimum absolute atomic E-state index is 1.25. The molecule has 8 heteroatoms. The molecule has 0 aliphatic heterocycles. The summed E-state index contributed by atoms with van der Waals surface area (Å²) in [5.74, 6) is -1.25. The van der Waals surface area contributed by atoms with Crippen LogP contribution < -0.4 is 0 Å². The lowest BCUT2D eigenvalue weighted by atomic mass is 10.8. The molecule has 0 bridgehead atoms. The second-order valence-electron chi connectivity index (χ2n) is 1.33. The average molecular weight is 281 g/mol. The van der Waals surface area contributed by atoms with Gasteiger partial charge in [-0.05, 0) is 34.8 Å². The zero-order valence-corrected chi connectivity index (χ0v) is 9.12. The second-order valence-corrected chi connectivity index (χ2v) is 5.79. The van der Waals surface area contributed by atoms with E-state index in [2.05, 4.69) is 4.74 Å². The maximum absolute atomic E-state index is 10.6. The lowest BCUT2D eigenvalue weighted by Gasteiger charge is -2.15. The number of ether oxygens (including phenoxy) is 1. The molecular formula is C3Cl6O2. The number of carbonyl (C=O) groups is 1. The van der Waals surface area contributed by atoms with Crippen molar-refractivity contribution < 1.29 is 9.53 Å². The smallest absolute Gasteiger partial charge is 0.362 e. The van der Waals surface area contributed by atoms with Gasteiger partial charge >= 0.3 is 9.95 Å². The molecule has 0 radical (unpaired) electrons. The van der Waals surface area contributed by atoms with Gasteiger partial charge < -0.3 is 4.74 Å². The SMILES string of the molecule is O=C(OC(Cl)(Cl)Cl)C(Cl)(Cl)Cl. The number of hydrogen-bond acceptors (Lipinski definition) is 2. The summed E-state index contributed by atoms with van der Waals surface area (Å²) in [6.45, 7) is 0. The molecule has 0 fully saturated rings. The quantitative estimate of drug-likeness (QED) is 0.503. The van der Waals surface area contributed by atoms with Crippen LogP contribution in [0.4, 0.5) is 0 Å². The third-order valence-electron chi connectivity index (χ3n) is 0.440. The molecule has 11 heavy (non-hydrogen) atoms. The Balaban J connectivity index is 4.11. The number of esters is 1. The lowest BCUT2D eigenvalue weighted by Crippen LogP contribution is -2.27. The number of rotatable bonds is 0. The van der Waals surface area contributed by atoms with E-state index >= 15 is 0 Å². The molecule has 2 nitrogen and oxygen atoms in total. The van der Waals surface area contributed by atoms with Crippen molar-refractivity contribution in [3.8, 4) is 0 Å². The first-order valence-corrected chi connectivity index (χ1v) is 4.26. The molecule has 0 aromatic heterocycles. The van der Waals surface area contributed by atoms with Gasteiger partial charge in [0, 0.05) is 0 Å². The van der Waals surface area contributed by atoms with Gasteiger partial charge in [-0.2, -0.15) is 0 Å². The summed E-state index contributed by atoms with van der Waals surface area (Å²) in [5, 5.41) is 0. The Morgan fingerprint density at radius 1 is 1.00 bits per heavy atom. The molecule has 0 atom stereocenters. The molecule has 0 aliphatic rings. The summed E-state index contributed by atoms with van der Waals surface area (Å²) in [6.07, 6.45) is 0. The molecule has 0 amide bonds. The van der Waals surface area contributed by atoms with Gasteiger partial charge in [0.15, 0.2) is 0 Å². The molecule has 0 aromatic carbocycles. The van der Waals surface area contributed by atoms with Crippen LogP contribution in [0.1, 0.15) is 0 Å². The van der Waals surface area contributed by atoms with Crippen LogP contribution in [-0.2, 0) is 9.53 Å². The van der Waals surface area contributed by atoms with Crippen molar-refractivity contribution in [2.24, 2.45) is 0 Å². The molecule has 0 unspecified atom stereocenters. The molecule has 0 aromatic rings. The van der Waals surface area contributed by atoms with Crippen molar-refractivity contribution in [2.45, 2.75) is 7.77 Å². The van der Waals surface area contributed by atoms with Crippen molar-refractivity contribution in [3.63, 3.8) is 0 Å². The highest BCUT2D eigenvalue weighted by atomic mass is 35.6. The van der Waals surface area contributed by atoms with Gasteiger partial charge in [0.05, 0.1) is 0 Å². The molecule has 0 saturated heterocycles. The topological polar surface area (TPSA) is 26.3 Å². The third-order valence-corrected chi connectivity index (χ3v) is 1.13. The lowest BCUT2D eigenvalue weighted by molar-refractivity contribution is -0.143. The highest BCUT2D eigenvalue weighted by molar-refractivity contribution is 6.76. The van der Waals surface area contributed by atoms with E-state index in [1.807, 2.05) is 0 Å². The second kappa shape index (κ2) is 3.95. The average Bonchev–Trinajstić information content (AvgIpc) is 1.56. The summed E-state index contributed by atoms with van der Waals surface area (Å²) < 4.78 is -0.376. The summed E-state index contributed by atoms with van der Waals surface area (Å²) in [4.78, 5) is 10.6. The Morgan fingerprint density at radius 3 is 1.45 bits per heavy atom. The molecule has 0 rings (SSSR count). The van der Waals surface area contributed by atoms with Crippen molar-refractivity contribution in [2.75, 3.05) is 0 Å². The van der Waals surface area contributed by atoms with E-state index in [4.69, 9.17) is 69.6 Å². The first kappa shape index (κ1) is 12.2. The number of halogens is 6. The predicted octanol–water partition coefficient (Wildman–Crippen LogP) is 3.23. The summed E-state index contributed by atoms with van der Waals surface area (Å²) in [7, 11) is 0. The zero-order valence-electron chi connectivity index (χ0n) is 4.58. The largest absolute Gasteiger partial charge is 0.411 e. The third kappa shape index (κ3) is 6.38. The standard InChI is InChI=1S/C3Cl6O2/c4-2(5,6)1(10)11-3(7,8)9. The first-order chi connectivity index (χ1) is 4.63. The molecule has 0 saturated carbocycles. The van der Waals surface area contributed by atoms with E-state index in [1.165, 1.54) is 0 Å². The normalized spacial score (nSPS) is 12.9. The minimum atomic E-state index is -2.23. The maximum atomic E-state index is 10.6. The van der Waals surface area contributed by atoms with Crippen LogP contribution in [0.2, 0.25) is 0 Å². The van der Waals surface area contributed by atoms with E-state index in [0.29, 0.717) is 0 Å². The van der Waals surface area contributed by atoms with Crippen LogP contribution in [0, 0.1) is 0 Å². The molecule has 0 heterocycles. The summed E-state index contributed by atoms with van der Waals surface area (Å²) in [6, 6.07) is 0. The van der Waals surface area contributed by atoms with Gasteiger partial charge in [-0.15, -0.1) is 0 Å². The highest BCUT2D eigenvalue weighted by Crippen LogP contribution is 2.34. The van der Waals surface area contributed by atoms with Crippen LogP contribution in [0.5, 0.6) is 0 Å². The van der Waals surface area contributed by atoms with E-state index in [0.717, 1.165) is 0 Å². The Kier molecular flexibility index (Phi) is 4.38. The van der Waals surface area contributed by atoms with E-state index in [9.17, 15) is 4.79 Å². The van der Waals surface area contributed by atoms with E-state index in [1.54, 1.807) is 0 Å². The summed E-state index contributed by atoms with van der Waals surface area (Å²) in [5.41, 5.74) is 0. The number of carbonyl (C=O) groups excluding carboxylic acids is 1. The van der Waals surface area contributed by atoms with Crippen molar-refractivity contribution in [1.29, 1.82) is 0 Å². The monoisotopic (exact) mass is 278 g/mol. The van der Waals surface area contributed by atoms with Crippen molar-refractivity contribution in [3.05, 3.63) is 0 Å². The van der Waals surface area contributed by atoms with E-state index in [-0.39, 0.29) is 0 Å². The molecule has 0 N–H and O–H groups in total. The van der Waals surface area contributed by atoms with Crippen LogP contribution in [0.25, 0.3) is 0 Å². The fourth-order valence-electron chi connectivity index (χ4n) is 0.163. The van der Waals surface area contributed by atoms with Gasteiger partial charge in [-0.25, -0.2) is 4.79 Å². The predicted molar refractivity (Wildman–Crippen MR) is 46.7 cm³/mol. The molecule has 66 valence electrons. The molecule has 0 spiro atoms. The zero-order chi connectivity index (χ0) is 9.28. The maximum Gasteiger partial charge on any atom is 0.362 e. The van der Waals surface area contributed by atoms with Crippen LogP contribution >= 0.6 is 69.6 Å². The van der Waals surface area contributed by atoms with Gasteiger partial charge in [0.2, 0.25) is 0 Å². The van der Waals surface area contributed by atoms with E-state index < -0.39 is 13.7 Å². The number of alkyl halides is 6. The first-order valence-electron chi connectivity index (χ1n) is 2.00. The Morgan fingerprint density at radius 2 is 1.36 bits per heavy atom. The van der Waals surface area contributed by atoms with Crippen molar-refractivity contribution >= 4 is 75.6 Å². The van der Waals surface area contributed by atoms with Crippen LogP contribution in [0.3, 0.4) is 0 Å². The fourth-order valence-corrected chi connectivity index (χ4v) is 0.489. The van der Waals surface area contributed by atoms with Crippen LogP contribution in [-0.4, -0.2) is 13.7 Å². The number of hydrogen-bond donors (Lipinski definition) is 0. The Labute approximate surface area is 92.6 Å². The van der Waals surface area contributed by atoms with Gasteiger partial charge in [0.1, 0.15) is 0 Å². The Bertz CT molecular complexity index is 154. The van der Waals surface area contributed by atoms with Gasteiger partial charge in [-0.1, -0.05) is 34.8 Å². The van der Waals surface area contributed by atoms with Gasteiger partial charge in [0.25, 0.3) is 3.79 Å².